The lowest BCUT2D eigenvalue weighted by Crippen LogP contribution is -2.47. The number of halogens is 6. The molecule has 0 radical (unpaired) electrons. The van der Waals surface area contributed by atoms with Gasteiger partial charge in [-0.1, -0.05) is 78.0 Å². The van der Waals surface area contributed by atoms with Crippen LogP contribution >= 0.6 is 58.0 Å². The highest BCUT2D eigenvalue weighted by molar-refractivity contribution is 6.54. The average molecular weight is 1120 g/mol. The van der Waals surface area contributed by atoms with Gasteiger partial charge >= 0.3 is 0 Å². The van der Waals surface area contributed by atoms with E-state index in [9.17, 15) is 23.6 Å². The lowest BCUT2D eigenvalue weighted by Gasteiger charge is -2.35. The molecule has 21 heteroatoms. The van der Waals surface area contributed by atoms with Crippen LogP contribution in [-0.4, -0.2) is 99.9 Å². The number of carbonyl (C=O) groups excluding carboxylic acids is 4. The average Bonchev–Trinajstić information content (AvgIpc) is 3.60. The standard InChI is InChI=1S/C18H15ClFNO3.C15H22ClNO2.C11H11Cl2NO2.C9H16ClN5/c1-3-10(2)24-16-9-15(14(20)8-13(16)19)21-17(22)11-6-4-5-7-12(11)18(21)23;1-5-13-8-6-7-11(2)15(13)17(14(18)9-16)12(3)10-19-4;1-7-6-16-9-5-3-2-4-8(9)14(7)11(15)10(12)13;1-5-11-7-12-6(10)13-8(14-7)15-9(2,3)4/h1,8-10H,4-7H2,2H3;6-8,12H,5,9-10H2,1-4H3;2-5,7,10H,6H2,1H3;5H2,1-4H3,(H2,11,12,13,14,15). The van der Waals surface area contributed by atoms with E-state index in [4.69, 9.17) is 78.6 Å². The molecule has 74 heavy (non-hydrogen) atoms. The van der Waals surface area contributed by atoms with Crippen LogP contribution in [0.5, 0.6) is 11.5 Å². The van der Waals surface area contributed by atoms with Crippen molar-refractivity contribution in [3.8, 4) is 23.8 Å². The molecule has 3 unspecified atom stereocenters. The van der Waals surface area contributed by atoms with Gasteiger partial charge in [-0.05, 0) is 128 Å². The molecular formula is C53H64Cl5FN8O7. The van der Waals surface area contributed by atoms with Gasteiger partial charge in [-0.2, -0.15) is 15.0 Å². The van der Waals surface area contributed by atoms with E-state index in [1.54, 1.807) is 23.8 Å². The Kier molecular flexibility index (Phi) is 23.5. The fraction of sp³-hybridized carbons (Fsp3) is 0.453. The molecule has 1 aliphatic carbocycles. The summed E-state index contributed by atoms with van der Waals surface area (Å²) in [6.07, 6.45) is 8.35. The molecule has 7 rings (SSSR count). The predicted octanol–water partition coefficient (Wildman–Crippen LogP) is 11.6. The first-order chi connectivity index (χ1) is 35.0. The first-order valence-corrected chi connectivity index (χ1v) is 26.1. The van der Waals surface area contributed by atoms with Crippen molar-refractivity contribution < 1.29 is 37.8 Å². The number of methoxy groups -OCH3 is 1. The zero-order valence-corrected chi connectivity index (χ0v) is 47.0. The monoisotopic (exact) mass is 1120 g/mol. The van der Waals surface area contributed by atoms with E-state index >= 15 is 0 Å². The second-order valence-electron chi connectivity index (χ2n) is 18.2. The third-order valence-corrected chi connectivity index (χ3v) is 12.3. The minimum atomic E-state index is -1.05. The van der Waals surface area contributed by atoms with Gasteiger partial charge in [-0.25, -0.2) is 9.29 Å². The van der Waals surface area contributed by atoms with E-state index in [0.29, 0.717) is 54.8 Å². The molecule has 15 nitrogen and oxygen atoms in total. The lowest BCUT2D eigenvalue weighted by molar-refractivity contribution is -0.121. The quantitative estimate of drug-likeness (QED) is 0.0739. The van der Waals surface area contributed by atoms with Crippen LogP contribution in [0.2, 0.25) is 10.3 Å². The molecule has 400 valence electrons. The van der Waals surface area contributed by atoms with Gasteiger partial charge in [0.05, 0.1) is 40.8 Å². The van der Waals surface area contributed by atoms with Crippen molar-refractivity contribution in [2.24, 2.45) is 0 Å². The maximum absolute atomic E-state index is 14.4. The molecule has 0 spiro atoms. The summed E-state index contributed by atoms with van der Waals surface area (Å²) in [6.45, 7) is 19.3. The van der Waals surface area contributed by atoms with Crippen molar-refractivity contribution in [2.75, 3.05) is 58.1 Å². The summed E-state index contributed by atoms with van der Waals surface area (Å²) in [5.74, 6) is 2.04. The summed E-state index contributed by atoms with van der Waals surface area (Å²) in [4.78, 5) is 64.5. The van der Waals surface area contributed by atoms with Crippen molar-refractivity contribution in [1.29, 1.82) is 0 Å². The van der Waals surface area contributed by atoms with Crippen LogP contribution in [-0.2, 0) is 30.3 Å². The number of nitrogens with zero attached hydrogens (tertiary/aromatic N) is 6. The highest BCUT2D eigenvalue weighted by Crippen LogP contribution is 2.40. The number of alkyl halides is 3. The first-order valence-electron chi connectivity index (χ1n) is 24.0. The Balaban J connectivity index is 0.000000218. The van der Waals surface area contributed by atoms with Crippen LogP contribution in [0.15, 0.2) is 65.7 Å². The summed E-state index contributed by atoms with van der Waals surface area (Å²) in [6, 6.07) is 15.6. The van der Waals surface area contributed by atoms with Crippen LogP contribution in [0.3, 0.4) is 0 Å². The number of terminal acetylenes is 1. The fourth-order valence-electron chi connectivity index (χ4n) is 8.00. The number of imide groups is 1. The van der Waals surface area contributed by atoms with Gasteiger partial charge in [0.25, 0.3) is 17.7 Å². The van der Waals surface area contributed by atoms with Crippen LogP contribution in [0.1, 0.15) is 92.2 Å². The normalized spacial score (nSPS) is 15.6. The van der Waals surface area contributed by atoms with Gasteiger partial charge < -0.3 is 34.6 Å². The second kappa shape index (κ2) is 28.5. The number of anilines is 5. The largest absolute Gasteiger partial charge is 0.489 e. The van der Waals surface area contributed by atoms with Gasteiger partial charge in [0.15, 0.2) is 10.9 Å². The Labute approximate surface area is 458 Å². The number of benzene rings is 3. The van der Waals surface area contributed by atoms with Gasteiger partial charge in [-0.15, -0.1) is 18.0 Å². The molecule has 2 aliphatic heterocycles. The Morgan fingerprint density at radius 3 is 2.18 bits per heavy atom. The molecule has 0 bridgehead atoms. The zero-order chi connectivity index (χ0) is 55.0. The number of amides is 4. The second-order valence-corrected chi connectivity index (χ2v) is 20.3. The molecule has 1 aromatic heterocycles. The Morgan fingerprint density at radius 2 is 1.61 bits per heavy atom. The number of para-hydroxylation sites is 3. The van der Waals surface area contributed by atoms with E-state index in [0.717, 1.165) is 59.3 Å². The summed E-state index contributed by atoms with van der Waals surface area (Å²) >= 11 is 28.8. The highest BCUT2D eigenvalue weighted by atomic mass is 35.5. The minimum absolute atomic E-state index is 0.0223. The number of hydrogen-bond acceptors (Lipinski definition) is 12. The van der Waals surface area contributed by atoms with E-state index < -0.39 is 28.6 Å². The van der Waals surface area contributed by atoms with Crippen LogP contribution in [0.4, 0.5) is 33.3 Å². The van der Waals surface area contributed by atoms with Crippen molar-refractivity contribution in [3.63, 3.8) is 0 Å². The highest BCUT2D eigenvalue weighted by Gasteiger charge is 2.41. The van der Waals surface area contributed by atoms with E-state index in [-0.39, 0.29) is 57.1 Å². The summed E-state index contributed by atoms with van der Waals surface area (Å²) < 4.78 is 30.5. The molecule has 0 saturated heterocycles. The maximum Gasteiger partial charge on any atom is 0.261 e. The van der Waals surface area contributed by atoms with Crippen LogP contribution < -0.4 is 34.8 Å². The van der Waals surface area contributed by atoms with Crippen LogP contribution in [0, 0.1) is 25.1 Å². The fourth-order valence-corrected chi connectivity index (χ4v) is 8.70. The Hall–Kier alpha value is -5.41. The van der Waals surface area contributed by atoms with Crippen LogP contribution in [0.25, 0.3) is 0 Å². The van der Waals surface area contributed by atoms with E-state index in [1.165, 1.54) is 6.07 Å². The van der Waals surface area contributed by atoms with Gasteiger partial charge in [0.1, 0.15) is 29.8 Å². The number of ether oxygens (including phenoxy) is 3. The summed E-state index contributed by atoms with van der Waals surface area (Å²) in [7, 11) is 1.64. The molecule has 3 aliphatic rings. The number of aromatic nitrogens is 3. The number of nitrogens with one attached hydrogen (secondary N) is 2. The lowest BCUT2D eigenvalue weighted by atomic mass is 9.93. The predicted molar refractivity (Wildman–Crippen MR) is 295 cm³/mol. The number of fused-ring (bicyclic) bond motifs is 1. The SMILES string of the molecule is C#CC(C)Oc1cc(N2C(=O)C3=C(CCCC3)C2=O)c(F)cc1Cl.CC1COc2ccccc2N1C(=O)C(Cl)Cl.CCNc1nc(Cl)nc(NC(C)(C)C)n1.CCc1cccc(C)c1N(C(=O)CCl)C(C)COC. The Morgan fingerprint density at radius 1 is 0.973 bits per heavy atom. The minimum Gasteiger partial charge on any atom is -0.489 e. The van der Waals surface area contributed by atoms with Gasteiger partial charge in [-0.3, -0.25) is 19.2 Å². The molecule has 3 heterocycles. The van der Waals surface area contributed by atoms with Crippen molar-refractivity contribution in [3.05, 3.63) is 93.0 Å². The number of carbonyl (C=O) groups is 4. The third kappa shape index (κ3) is 16.3. The van der Waals surface area contributed by atoms with Crippen molar-refractivity contribution >= 4 is 111 Å². The topological polar surface area (TPSA) is 168 Å². The molecule has 0 saturated carbocycles. The smallest absolute Gasteiger partial charge is 0.261 e. The molecule has 2 N–H and O–H groups in total. The summed E-state index contributed by atoms with van der Waals surface area (Å²) in [5, 5.41) is 6.33. The maximum atomic E-state index is 14.4. The molecule has 3 aromatic carbocycles. The molecule has 3 atom stereocenters. The number of aryl methyl sites for hydroxylation is 2. The molecular weight excluding hydrogens is 1060 g/mol. The van der Waals surface area contributed by atoms with Crippen molar-refractivity contribution in [2.45, 2.75) is 123 Å². The van der Waals surface area contributed by atoms with Crippen molar-refractivity contribution in [1.82, 2.24) is 15.0 Å². The third-order valence-electron chi connectivity index (χ3n) is 11.2. The summed E-state index contributed by atoms with van der Waals surface area (Å²) in [5.41, 5.74) is 4.64. The van der Waals surface area contributed by atoms with E-state index in [1.807, 2.05) is 84.9 Å². The number of hydrogen-bond donors (Lipinski definition) is 2. The molecule has 4 amide bonds. The van der Waals surface area contributed by atoms with Gasteiger partial charge in [0.2, 0.25) is 23.1 Å². The Bertz CT molecular complexity index is 2670. The first kappa shape index (κ1) is 61.1. The number of rotatable bonds is 13. The van der Waals surface area contributed by atoms with E-state index in [2.05, 4.69) is 44.5 Å². The zero-order valence-electron chi connectivity index (χ0n) is 43.3. The van der Waals surface area contributed by atoms with Gasteiger partial charge in [0, 0.05) is 36.4 Å². The molecule has 4 aromatic rings. The molecule has 0 fully saturated rings.